The Morgan fingerprint density at radius 3 is 2.20 bits per heavy atom. The normalized spacial score (nSPS) is 12.8. The van der Waals surface area contributed by atoms with E-state index in [1.165, 1.54) is 50.5 Å². The first-order valence-corrected chi connectivity index (χ1v) is 11.9. The molecule has 1 heterocycles. The van der Waals surface area contributed by atoms with Gasteiger partial charge in [0.05, 0.1) is 0 Å². The number of hydrogen-bond donors (Lipinski definition) is 1. The Balaban J connectivity index is 0.000000280. The zero-order valence-corrected chi connectivity index (χ0v) is 20.6. The maximum Gasteiger partial charge on any atom is 0.222 e. The Morgan fingerprint density at radius 2 is 1.60 bits per heavy atom. The number of fused-ring (bicyclic) bond motifs is 1. The molecule has 0 fully saturated rings. The van der Waals surface area contributed by atoms with Gasteiger partial charge in [-0.3, -0.25) is 0 Å². The third kappa shape index (κ3) is 11.3. The van der Waals surface area contributed by atoms with Crippen LogP contribution in [0.25, 0.3) is 0 Å². The summed E-state index contributed by atoms with van der Waals surface area (Å²) in [6.07, 6.45) is 12.5. The Morgan fingerprint density at radius 1 is 0.967 bits per heavy atom. The molecule has 30 heavy (non-hydrogen) atoms. The molecule has 0 bridgehead atoms. The van der Waals surface area contributed by atoms with Crippen molar-refractivity contribution in [3.05, 3.63) is 53.3 Å². The van der Waals surface area contributed by atoms with Gasteiger partial charge in [-0.15, -0.1) is 0 Å². The average molecular weight is 412 g/mol. The average Bonchev–Trinajstić information content (AvgIpc) is 2.73. The SMILES string of the molecule is CC.CC(C)(C)Cc1ccc2c(c1)CCCC2.CC(C)CCCNc1ncccn1. The van der Waals surface area contributed by atoms with Gasteiger partial charge >= 0.3 is 0 Å². The molecular formula is C27H45N3. The molecule has 3 nitrogen and oxygen atoms in total. The fourth-order valence-corrected chi connectivity index (χ4v) is 3.61. The van der Waals surface area contributed by atoms with Crippen LogP contribution >= 0.6 is 0 Å². The van der Waals surface area contributed by atoms with Crippen molar-refractivity contribution >= 4 is 5.95 Å². The van der Waals surface area contributed by atoms with Crippen LogP contribution in [0.15, 0.2) is 36.7 Å². The van der Waals surface area contributed by atoms with Gasteiger partial charge in [-0.05, 0) is 79.0 Å². The smallest absolute Gasteiger partial charge is 0.222 e. The number of aryl methyl sites for hydroxylation is 2. The minimum Gasteiger partial charge on any atom is -0.354 e. The highest BCUT2D eigenvalue weighted by molar-refractivity contribution is 5.34. The van der Waals surface area contributed by atoms with E-state index in [2.05, 4.69) is 68.1 Å². The molecule has 0 amide bonds. The molecule has 1 aliphatic carbocycles. The van der Waals surface area contributed by atoms with Crippen LogP contribution in [0.5, 0.6) is 0 Å². The summed E-state index contributed by atoms with van der Waals surface area (Å²) in [5, 5.41) is 3.18. The van der Waals surface area contributed by atoms with Crippen molar-refractivity contribution in [1.29, 1.82) is 0 Å². The van der Waals surface area contributed by atoms with Gasteiger partial charge in [0.2, 0.25) is 5.95 Å². The predicted octanol–water partition coefficient (Wildman–Crippen LogP) is 7.50. The summed E-state index contributed by atoms with van der Waals surface area (Å²) in [6.45, 7) is 16.4. The van der Waals surface area contributed by atoms with Crippen molar-refractivity contribution in [3.8, 4) is 0 Å². The van der Waals surface area contributed by atoms with E-state index in [1.54, 1.807) is 23.5 Å². The lowest BCUT2D eigenvalue weighted by Crippen LogP contribution is -2.10. The van der Waals surface area contributed by atoms with E-state index < -0.39 is 0 Å². The number of anilines is 1. The van der Waals surface area contributed by atoms with Gasteiger partial charge in [-0.2, -0.15) is 0 Å². The van der Waals surface area contributed by atoms with E-state index in [4.69, 9.17) is 0 Å². The number of nitrogens with one attached hydrogen (secondary N) is 1. The monoisotopic (exact) mass is 411 g/mol. The van der Waals surface area contributed by atoms with Crippen LogP contribution in [0, 0.1) is 11.3 Å². The van der Waals surface area contributed by atoms with Crippen LogP contribution in [0.1, 0.15) is 90.8 Å². The third-order valence-electron chi connectivity index (χ3n) is 4.95. The van der Waals surface area contributed by atoms with Gasteiger partial charge in [-0.25, -0.2) is 9.97 Å². The van der Waals surface area contributed by atoms with Crippen molar-refractivity contribution in [2.75, 3.05) is 11.9 Å². The molecule has 0 radical (unpaired) electrons. The second-order valence-electron chi connectivity index (χ2n) is 9.58. The molecule has 168 valence electrons. The van der Waals surface area contributed by atoms with E-state index in [0.717, 1.165) is 18.4 Å². The molecule has 3 heteroatoms. The van der Waals surface area contributed by atoms with Crippen molar-refractivity contribution in [1.82, 2.24) is 9.97 Å². The topological polar surface area (TPSA) is 37.8 Å². The van der Waals surface area contributed by atoms with Gasteiger partial charge in [-0.1, -0.05) is 66.7 Å². The highest BCUT2D eigenvalue weighted by Crippen LogP contribution is 2.26. The van der Waals surface area contributed by atoms with Gasteiger partial charge in [0.1, 0.15) is 0 Å². The van der Waals surface area contributed by atoms with Crippen molar-refractivity contribution in [2.45, 2.75) is 93.4 Å². The lowest BCUT2D eigenvalue weighted by Gasteiger charge is -2.21. The van der Waals surface area contributed by atoms with Crippen LogP contribution < -0.4 is 5.32 Å². The molecule has 1 N–H and O–H groups in total. The Bertz CT molecular complexity index is 687. The molecule has 0 unspecified atom stereocenters. The van der Waals surface area contributed by atoms with Crippen molar-refractivity contribution in [3.63, 3.8) is 0 Å². The summed E-state index contributed by atoms with van der Waals surface area (Å²) in [7, 11) is 0. The summed E-state index contributed by atoms with van der Waals surface area (Å²) >= 11 is 0. The lowest BCUT2D eigenvalue weighted by atomic mass is 9.84. The summed E-state index contributed by atoms with van der Waals surface area (Å²) < 4.78 is 0. The second kappa shape index (κ2) is 14.2. The second-order valence-corrected chi connectivity index (χ2v) is 9.58. The highest BCUT2D eigenvalue weighted by Gasteiger charge is 2.14. The number of hydrogen-bond acceptors (Lipinski definition) is 3. The first-order valence-electron chi connectivity index (χ1n) is 11.9. The van der Waals surface area contributed by atoms with Crippen molar-refractivity contribution in [2.24, 2.45) is 11.3 Å². The molecule has 3 rings (SSSR count). The van der Waals surface area contributed by atoms with E-state index in [0.29, 0.717) is 5.41 Å². The van der Waals surface area contributed by atoms with Crippen LogP contribution in [-0.4, -0.2) is 16.5 Å². The van der Waals surface area contributed by atoms with E-state index in [9.17, 15) is 0 Å². The van der Waals surface area contributed by atoms with Gasteiger partial charge < -0.3 is 5.32 Å². The van der Waals surface area contributed by atoms with Gasteiger partial charge in [0.25, 0.3) is 0 Å². The third-order valence-corrected chi connectivity index (χ3v) is 4.95. The first-order chi connectivity index (χ1) is 14.3. The number of nitrogens with zero attached hydrogens (tertiary/aromatic N) is 2. The predicted molar refractivity (Wildman–Crippen MR) is 132 cm³/mol. The molecule has 0 aliphatic heterocycles. The number of benzene rings is 1. The quantitative estimate of drug-likeness (QED) is 0.500. The van der Waals surface area contributed by atoms with Crippen LogP contribution in [0.2, 0.25) is 0 Å². The fraction of sp³-hybridized carbons (Fsp3) is 0.630. The number of rotatable bonds is 6. The largest absolute Gasteiger partial charge is 0.354 e. The highest BCUT2D eigenvalue weighted by atomic mass is 15.1. The van der Waals surface area contributed by atoms with Crippen molar-refractivity contribution < 1.29 is 0 Å². The van der Waals surface area contributed by atoms with Gasteiger partial charge in [0.15, 0.2) is 0 Å². The maximum absolute atomic E-state index is 4.07. The summed E-state index contributed by atoms with van der Waals surface area (Å²) in [5.41, 5.74) is 5.13. The summed E-state index contributed by atoms with van der Waals surface area (Å²) in [5.74, 6) is 1.50. The van der Waals surface area contributed by atoms with E-state index >= 15 is 0 Å². The van der Waals surface area contributed by atoms with E-state index in [1.807, 2.05) is 19.9 Å². The lowest BCUT2D eigenvalue weighted by molar-refractivity contribution is 0.411. The maximum atomic E-state index is 4.07. The molecular weight excluding hydrogens is 366 g/mol. The Kier molecular flexibility index (Phi) is 12.3. The molecule has 0 atom stereocenters. The molecule has 0 saturated heterocycles. The molecule has 1 aromatic carbocycles. The Labute approximate surface area is 186 Å². The van der Waals surface area contributed by atoms with E-state index in [-0.39, 0.29) is 0 Å². The minimum absolute atomic E-state index is 0.406. The summed E-state index contributed by atoms with van der Waals surface area (Å²) in [6, 6.07) is 8.95. The van der Waals surface area contributed by atoms with Crippen LogP contribution in [-0.2, 0) is 19.3 Å². The Hall–Kier alpha value is -1.90. The molecule has 0 spiro atoms. The molecule has 0 saturated carbocycles. The van der Waals surface area contributed by atoms with Gasteiger partial charge in [0, 0.05) is 18.9 Å². The first kappa shape index (κ1) is 26.1. The van der Waals surface area contributed by atoms with Crippen LogP contribution in [0.4, 0.5) is 5.95 Å². The zero-order chi connectivity index (χ0) is 22.4. The summed E-state index contributed by atoms with van der Waals surface area (Å²) in [4.78, 5) is 8.15. The zero-order valence-electron chi connectivity index (χ0n) is 20.6. The minimum atomic E-state index is 0.406. The standard InChI is InChI=1S/C15H22.C10H17N3.C2H6/c1-15(2,3)11-12-8-9-13-6-4-5-7-14(13)10-12;1-9(2)5-3-6-11-10-12-7-4-8-13-10;1-2/h8-10H,4-7,11H2,1-3H3;4,7-9H,3,5-6H2,1-2H3,(H,11,12,13);1-2H3. The molecule has 2 aromatic rings. The van der Waals surface area contributed by atoms with Crippen LogP contribution in [0.3, 0.4) is 0 Å². The number of aromatic nitrogens is 2. The molecule has 1 aliphatic rings. The fourth-order valence-electron chi connectivity index (χ4n) is 3.61. The molecule has 1 aromatic heterocycles.